The van der Waals surface area contributed by atoms with Gasteiger partial charge in [-0.25, -0.2) is 0 Å². The third-order valence-electron chi connectivity index (χ3n) is 4.36. The molecule has 2 atom stereocenters. The van der Waals surface area contributed by atoms with Crippen LogP contribution in [0.25, 0.3) is 0 Å². The van der Waals surface area contributed by atoms with Crippen molar-refractivity contribution in [3.63, 3.8) is 0 Å². The summed E-state index contributed by atoms with van der Waals surface area (Å²) in [6.45, 7) is 5.77. The van der Waals surface area contributed by atoms with E-state index in [2.05, 4.69) is 15.4 Å². The first-order valence-electron chi connectivity index (χ1n) is 7.21. The summed E-state index contributed by atoms with van der Waals surface area (Å²) in [5.41, 5.74) is 1.42. The van der Waals surface area contributed by atoms with Crippen LogP contribution in [0.4, 0.5) is 0 Å². The van der Waals surface area contributed by atoms with E-state index < -0.39 is 0 Å². The largest absolute Gasteiger partial charge is 0.360 e. The Morgan fingerprint density at radius 2 is 2.21 bits per heavy atom. The Labute approximate surface area is 113 Å². The van der Waals surface area contributed by atoms with Gasteiger partial charge in [0.05, 0.1) is 5.69 Å². The van der Waals surface area contributed by atoms with Crippen LogP contribution >= 0.6 is 0 Å². The van der Waals surface area contributed by atoms with Gasteiger partial charge < -0.3 is 14.7 Å². The fourth-order valence-electron chi connectivity index (χ4n) is 3.37. The molecule has 0 aromatic carbocycles. The summed E-state index contributed by atoms with van der Waals surface area (Å²) in [6, 6.07) is 0.713. The minimum Gasteiger partial charge on any atom is -0.360 e. The molecule has 2 aliphatic heterocycles. The zero-order valence-corrected chi connectivity index (χ0v) is 11.6. The van der Waals surface area contributed by atoms with E-state index in [1.807, 2.05) is 13.8 Å². The quantitative estimate of drug-likeness (QED) is 0.878. The molecule has 1 aromatic heterocycles. The lowest BCUT2D eigenvalue weighted by Gasteiger charge is -2.27. The number of aryl methyl sites for hydroxylation is 2. The first-order chi connectivity index (χ1) is 9.22. The Kier molecular flexibility index (Phi) is 3.31. The molecule has 0 aliphatic carbocycles. The van der Waals surface area contributed by atoms with Gasteiger partial charge in [0.1, 0.15) is 11.3 Å². The first-order valence-corrected chi connectivity index (χ1v) is 7.21. The van der Waals surface area contributed by atoms with Crippen molar-refractivity contribution in [3.05, 3.63) is 17.0 Å². The lowest BCUT2D eigenvalue weighted by atomic mass is 10.1. The fourth-order valence-corrected chi connectivity index (χ4v) is 3.37. The molecule has 0 spiro atoms. The van der Waals surface area contributed by atoms with Crippen molar-refractivity contribution in [3.8, 4) is 0 Å². The molecule has 3 heterocycles. The Bertz CT molecular complexity index is 469. The van der Waals surface area contributed by atoms with E-state index in [1.165, 1.54) is 0 Å². The van der Waals surface area contributed by atoms with Crippen molar-refractivity contribution in [1.29, 1.82) is 0 Å². The van der Waals surface area contributed by atoms with Gasteiger partial charge >= 0.3 is 0 Å². The number of nitrogens with one attached hydrogen (secondary N) is 1. The second kappa shape index (κ2) is 4.96. The summed E-state index contributed by atoms with van der Waals surface area (Å²) >= 11 is 0. The second-order valence-corrected chi connectivity index (χ2v) is 5.51. The summed E-state index contributed by atoms with van der Waals surface area (Å²) in [7, 11) is 0. The van der Waals surface area contributed by atoms with Crippen LogP contribution in [0.3, 0.4) is 0 Å². The SMILES string of the molecule is CCc1onc(C)c1C(=O)N1C2CCNCC1CC2. The lowest BCUT2D eigenvalue weighted by molar-refractivity contribution is 0.0677. The first kappa shape index (κ1) is 12.7. The maximum absolute atomic E-state index is 12.9. The van der Waals surface area contributed by atoms with Gasteiger partial charge in [0, 0.05) is 25.0 Å². The Morgan fingerprint density at radius 1 is 1.42 bits per heavy atom. The van der Waals surface area contributed by atoms with Crippen molar-refractivity contribution >= 4 is 5.91 Å². The van der Waals surface area contributed by atoms with Crippen LogP contribution in [0.2, 0.25) is 0 Å². The van der Waals surface area contributed by atoms with Crippen LogP contribution < -0.4 is 5.32 Å². The number of carbonyl (C=O) groups is 1. The van der Waals surface area contributed by atoms with Gasteiger partial charge in [-0.2, -0.15) is 0 Å². The predicted octanol–water partition coefficient (Wildman–Crippen LogP) is 1.51. The smallest absolute Gasteiger partial charge is 0.259 e. The molecule has 104 valence electrons. The number of nitrogens with zero attached hydrogens (tertiary/aromatic N) is 2. The van der Waals surface area contributed by atoms with E-state index in [1.54, 1.807) is 0 Å². The third-order valence-corrected chi connectivity index (χ3v) is 4.36. The highest BCUT2D eigenvalue weighted by molar-refractivity contribution is 5.96. The maximum atomic E-state index is 12.9. The van der Waals surface area contributed by atoms with E-state index in [0.717, 1.165) is 43.8 Å². The topological polar surface area (TPSA) is 58.4 Å². The highest BCUT2D eigenvalue weighted by atomic mass is 16.5. The van der Waals surface area contributed by atoms with E-state index >= 15 is 0 Å². The van der Waals surface area contributed by atoms with Crippen LogP contribution in [0, 0.1) is 6.92 Å². The van der Waals surface area contributed by atoms with Gasteiger partial charge in [0.25, 0.3) is 5.91 Å². The zero-order valence-electron chi connectivity index (χ0n) is 11.6. The molecule has 1 N–H and O–H groups in total. The summed E-state index contributed by atoms with van der Waals surface area (Å²) in [5.74, 6) is 0.839. The number of amides is 1. The van der Waals surface area contributed by atoms with Crippen LogP contribution in [-0.2, 0) is 6.42 Å². The molecule has 2 bridgehead atoms. The Balaban J connectivity index is 1.93. The summed E-state index contributed by atoms with van der Waals surface area (Å²) in [5, 5.41) is 7.38. The molecule has 1 aromatic rings. The number of hydrogen-bond donors (Lipinski definition) is 1. The molecular weight excluding hydrogens is 242 g/mol. The molecule has 0 radical (unpaired) electrons. The van der Waals surface area contributed by atoms with Crippen LogP contribution in [0.1, 0.15) is 48.0 Å². The summed E-state index contributed by atoms with van der Waals surface area (Å²) < 4.78 is 5.27. The average Bonchev–Trinajstić information content (AvgIpc) is 2.88. The fraction of sp³-hybridized carbons (Fsp3) is 0.714. The molecule has 5 heteroatoms. The standard InChI is InChI=1S/C14H21N3O2/c1-3-12-13(9(2)16-19-12)14(18)17-10-4-5-11(17)8-15-7-6-10/h10-11,15H,3-8H2,1-2H3. The van der Waals surface area contributed by atoms with Crippen molar-refractivity contribution in [1.82, 2.24) is 15.4 Å². The number of fused-ring (bicyclic) bond motifs is 2. The van der Waals surface area contributed by atoms with Crippen molar-refractivity contribution in [2.45, 2.75) is 51.6 Å². The monoisotopic (exact) mass is 263 g/mol. The number of carbonyl (C=O) groups excluding carboxylic acids is 1. The molecule has 2 saturated heterocycles. The molecular formula is C14H21N3O2. The second-order valence-electron chi connectivity index (χ2n) is 5.51. The minimum absolute atomic E-state index is 0.117. The Hall–Kier alpha value is -1.36. The highest BCUT2D eigenvalue weighted by Gasteiger charge is 2.40. The molecule has 2 aliphatic rings. The number of rotatable bonds is 2. The van der Waals surface area contributed by atoms with E-state index in [9.17, 15) is 4.79 Å². The average molecular weight is 263 g/mol. The van der Waals surface area contributed by atoms with Crippen molar-refractivity contribution < 1.29 is 9.32 Å². The number of hydrogen-bond acceptors (Lipinski definition) is 4. The predicted molar refractivity (Wildman–Crippen MR) is 71.1 cm³/mol. The highest BCUT2D eigenvalue weighted by Crippen LogP contribution is 2.31. The molecule has 19 heavy (non-hydrogen) atoms. The van der Waals surface area contributed by atoms with Gasteiger partial charge in [0.15, 0.2) is 0 Å². The van der Waals surface area contributed by atoms with Crippen LogP contribution in [-0.4, -0.2) is 41.1 Å². The van der Waals surface area contributed by atoms with Gasteiger partial charge in [-0.1, -0.05) is 12.1 Å². The van der Waals surface area contributed by atoms with Crippen molar-refractivity contribution in [2.75, 3.05) is 13.1 Å². The molecule has 3 rings (SSSR count). The maximum Gasteiger partial charge on any atom is 0.259 e. The van der Waals surface area contributed by atoms with Crippen molar-refractivity contribution in [2.24, 2.45) is 0 Å². The zero-order chi connectivity index (χ0) is 13.4. The van der Waals surface area contributed by atoms with Gasteiger partial charge in [-0.3, -0.25) is 4.79 Å². The minimum atomic E-state index is 0.117. The molecule has 1 amide bonds. The molecule has 5 nitrogen and oxygen atoms in total. The van der Waals surface area contributed by atoms with Crippen LogP contribution in [0.15, 0.2) is 4.52 Å². The van der Waals surface area contributed by atoms with E-state index in [-0.39, 0.29) is 5.91 Å². The molecule has 0 saturated carbocycles. The lowest BCUT2D eigenvalue weighted by Crippen LogP contribution is -2.42. The summed E-state index contributed by atoms with van der Waals surface area (Å²) in [4.78, 5) is 15.0. The summed E-state index contributed by atoms with van der Waals surface area (Å²) in [6.07, 6.45) is 4.00. The third kappa shape index (κ3) is 2.06. The van der Waals surface area contributed by atoms with E-state index in [0.29, 0.717) is 24.1 Å². The van der Waals surface area contributed by atoms with Gasteiger partial charge in [0.2, 0.25) is 0 Å². The van der Waals surface area contributed by atoms with E-state index in [4.69, 9.17) is 4.52 Å². The van der Waals surface area contributed by atoms with Gasteiger partial charge in [-0.05, 0) is 32.7 Å². The Morgan fingerprint density at radius 3 is 3.00 bits per heavy atom. The molecule has 2 fully saturated rings. The molecule has 2 unspecified atom stereocenters. The number of aromatic nitrogens is 1. The van der Waals surface area contributed by atoms with Crippen LogP contribution in [0.5, 0.6) is 0 Å². The van der Waals surface area contributed by atoms with Gasteiger partial charge in [-0.15, -0.1) is 0 Å². The normalized spacial score (nSPS) is 26.5.